The van der Waals surface area contributed by atoms with E-state index in [4.69, 9.17) is 34.9 Å². The molecule has 0 saturated heterocycles. The molecule has 0 amide bonds. The number of para-hydroxylation sites is 6. The van der Waals surface area contributed by atoms with Crippen LogP contribution in [0.25, 0.3) is 269 Å². The van der Waals surface area contributed by atoms with Gasteiger partial charge in [-0.25, -0.2) is 4.98 Å². The number of rotatable bonds is 9. The van der Waals surface area contributed by atoms with E-state index in [1.807, 2.05) is 141 Å². The van der Waals surface area contributed by atoms with Gasteiger partial charge in [-0.1, -0.05) is 303 Å². The van der Waals surface area contributed by atoms with Crippen LogP contribution in [0, 0.1) is 0 Å². The van der Waals surface area contributed by atoms with Crippen LogP contribution in [0.5, 0.6) is 0 Å². The molecule has 0 N–H and O–H groups in total. The van der Waals surface area contributed by atoms with Crippen molar-refractivity contribution in [2.45, 2.75) is 0 Å². The van der Waals surface area contributed by atoms with E-state index in [2.05, 4.69) is 391 Å². The Bertz CT molecular complexity index is 10300. The zero-order chi connectivity index (χ0) is 95.5. The molecule has 0 spiro atoms. The number of nitrogens with zero attached hydrogens (tertiary/aromatic N) is 14. The van der Waals surface area contributed by atoms with Crippen molar-refractivity contribution < 1.29 is 0 Å². The maximum atomic E-state index is 5.08. The van der Waals surface area contributed by atoms with Crippen LogP contribution in [0.1, 0.15) is 0 Å². The number of fused-ring (bicyclic) bond motifs is 35. The third-order valence-electron chi connectivity index (χ3n) is 28.6. The van der Waals surface area contributed by atoms with Crippen LogP contribution in [0.15, 0.2) is 498 Å². The third kappa shape index (κ3) is 13.7. The Labute approximate surface area is 829 Å². The van der Waals surface area contributed by atoms with Gasteiger partial charge in [0.2, 0.25) is 5.95 Å². The molecule has 31 rings (SSSR count). The van der Waals surface area contributed by atoms with Gasteiger partial charge in [-0.05, 0) is 184 Å². The highest BCUT2D eigenvalue weighted by Gasteiger charge is 2.28. The van der Waals surface area contributed by atoms with E-state index in [0.717, 1.165) is 121 Å². The van der Waals surface area contributed by atoms with Crippen LogP contribution in [0.4, 0.5) is 0 Å². The van der Waals surface area contributed by atoms with Gasteiger partial charge in [-0.3, -0.25) is 34.5 Å². The molecule has 0 aliphatic heterocycles. The lowest BCUT2D eigenvalue weighted by Crippen LogP contribution is -2.06. The quantitative estimate of drug-likeness (QED) is 0.129. The molecular weight excluding hydrogens is 1770 g/mol. The summed E-state index contributed by atoms with van der Waals surface area (Å²) in [4.78, 5) is 42.9. The predicted molar refractivity (Wildman–Crippen MR) is 599 cm³/mol. The van der Waals surface area contributed by atoms with Gasteiger partial charge < -0.3 is 18.3 Å². The van der Waals surface area contributed by atoms with Gasteiger partial charge in [0.05, 0.1) is 77.2 Å². The Morgan fingerprint density at radius 3 is 0.786 bits per heavy atom. The maximum Gasteiger partial charge on any atom is 0.238 e. The van der Waals surface area contributed by atoms with Crippen LogP contribution >= 0.6 is 0 Å². The molecule has 19 aromatic carbocycles. The van der Waals surface area contributed by atoms with E-state index in [9.17, 15) is 0 Å². The first-order valence-corrected chi connectivity index (χ1v) is 48.8. The normalized spacial score (nSPS) is 11.7. The number of benzene rings is 19. The van der Waals surface area contributed by atoms with Gasteiger partial charge in [0, 0.05) is 186 Å². The van der Waals surface area contributed by atoms with Gasteiger partial charge >= 0.3 is 0 Å². The Morgan fingerprint density at radius 2 is 0.421 bits per heavy atom. The third-order valence-corrected chi connectivity index (χ3v) is 28.6. The topological polar surface area (TPSA) is 141 Å². The van der Waals surface area contributed by atoms with Gasteiger partial charge in [-0.2, -0.15) is 9.97 Å². The second kappa shape index (κ2) is 34.6. The largest absolute Gasteiger partial charge is 0.309 e. The van der Waals surface area contributed by atoms with Crippen LogP contribution in [-0.4, -0.2) is 67.7 Å². The molecule has 0 fully saturated rings. The molecule has 0 saturated carbocycles. The minimum atomic E-state index is 0.578. The molecule has 0 bridgehead atoms. The predicted octanol–water partition coefficient (Wildman–Crippen LogP) is 32.7. The average molecular weight is 1850 g/mol. The van der Waals surface area contributed by atoms with Crippen LogP contribution < -0.4 is 0 Å². The molecule has 0 unspecified atom stereocenters. The Kier molecular flexibility index (Phi) is 19.9. The van der Waals surface area contributed by atoms with Crippen molar-refractivity contribution >= 4 is 196 Å². The van der Waals surface area contributed by atoms with E-state index in [1.165, 1.54) is 130 Å². The summed E-state index contributed by atoms with van der Waals surface area (Å²) in [5, 5.41) is 26.5. The summed E-state index contributed by atoms with van der Waals surface area (Å²) in [5.41, 5.74) is 26.8. The zero-order valence-electron chi connectivity index (χ0n) is 78.1. The summed E-state index contributed by atoms with van der Waals surface area (Å²) >= 11 is 0. The summed E-state index contributed by atoms with van der Waals surface area (Å²) in [6.45, 7) is 0. The fourth-order valence-electron chi connectivity index (χ4n) is 22.6. The Hall–Kier alpha value is -19.8. The molecule has 676 valence electrons. The molecule has 0 aliphatic rings. The van der Waals surface area contributed by atoms with Crippen molar-refractivity contribution in [1.29, 1.82) is 0 Å². The lowest BCUT2D eigenvalue weighted by atomic mass is 9.99. The van der Waals surface area contributed by atoms with E-state index < -0.39 is 0 Å². The van der Waals surface area contributed by atoms with E-state index in [-0.39, 0.29) is 0 Å². The SMILES string of the molecule is c1cc(-c2ccncc2)cc(-n2c3ccccc3c3c4ccccc4c4ncccc4c32)c1.c1cc(-n2c3ccccc3c3ccccc32)cc(-n2c3ccccc3c3c4ccccc4c4ncccc4c32)c1.c1ccc(-c2nc(-c3ccccc3)nc(-n3c4ccccc4c4c5ccccc5c5ncccc5c43)n2)cc1.c1cncc(-c2cccc(-n3c4ccccc4c4c5ccccc5c5ncccc5c43)c2)c1. The monoisotopic (exact) mass is 1850 g/mol. The van der Waals surface area contributed by atoms with Gasteiger partial charge in [0.15, 0.2) is 11.6 Å². The summed E-state index contributed by atoms with van der Waals surface area (Å²) in [7, 11) is 0. The molecule has 0 atom stereocenters. The minimum absolute atomic E-state index is 0.578. The first-order valence-electron chi connectivity index (χ1n) is 48.8. The Morgan fingerprint density at radius 1 is 0.152 bits per heavy atom. The molecule has 31 aromatic rings. The van der Waals surface area contributed by atoms with Gasteiger partial charge in [0.25, 0.3) is 0 Å². The molecule has 12 heterocycles. The molecule has 14 heteroatoms. The fourth-order valence-corrected chi connectivity index (χ4v) is 22.6. The summed E-state index contributed by atoms with van der Waals surface area (Å²) in [6, 6.07) is 158. The standard InChI is InChI=1S/C37H23N3.C34H21N5.2C30H19N3/c1-2-16-29-28(15-1)35-30-17-5-8-21-34(30)40(37(35)31-18-10-22-38-36(29)31)25-12-9-11-24(23-25)39-32-19-6-3-13-26(32)27-14-4-7-20-33(27)39;1-3-12-22(13-4-1)32-36-33(23-14-5-2-6-15-23)38-34(37-32)39-28-20-10-9-18-26(28)29-24-16-7-8-17-25(24)30-27(31(29)39)19-11-21-35-30;1-2-12-24-23(11-1)28-25-13-3-4-15-27(25)33(30(28)26-14-7-17-32-29(24)26)22-10-5-8-20(18-22)21-9-6-16-31-19-21;1-2-10-24-23(9-1)28-25-11-3-4-13-27(25)33(30(28)26-12-6-16-32-29(24)26)22-8-5-7-21(19-22)20-14-17-31-18-15-20/h1-23H;1-21H;2*1-19H. The highest BCUT2D eigenvalue weighted by molar-refractivity contribution is 6.36. The van der Waals surface area contributed by atoms with Gasteiger partial charge in [-0.15, -0.1) is 0 Å². The lowest BCUT2D eigenvalue weighted by Gasteiger charge is -2.14. The molecule has 0 radical (unpaired) electrons. The first kappa shape index (κ1) is 83.3. The zero-order valence-corrected chi connectivity index (χ0v) is 78.1. The number of hydrogen-bond donors (Lipinski definition) is 0. The fraction of sp³-hybridized carbons (Fsp3) is 0. The second-order valence-electron chi connectivity index (χ2n) is 36.6. The smallest absolute Gasteiger partial charge is 0.238 e. The lowest BCUT2D eigenvalue weighted by molar-refractivity contribution is 0.955. The van der Waals surface area contributed by atoms with Crippen LogP contribution in [-0.2, 0) is 0 Å². The average Bonchev–Trinajstić information content (AvgIpc) is 1.56. The van der Waals surface area contributed by atoms with Crippen LogP contribution in [0.3, 0.4) is 0 Å². The summed E-state index contributed by atoms with van der Waals surface area (Å²) in [5.74, 6) is 1.84. The number of aromatic nitrogens is 14. The van der Waals surface area contributed by atoms with Gasteiger partial charge in [0.1, 0.15) is 0 Å². The first-order chi connectivity index (χ1) is 72.0. The van der Waals surface area contributed by atoms with E-state index >= 15 is 0 Å². The van der Waals surface area contributed by atoms with Crippen molar-refractivity contribution in [1.82, 2.24) is 67.7 Å². The summed E-state index contributed by atoms with van der Waals surface area (Å²) < 4.78 is 11.8. The molecular formula is C131H82N14. The molecule has 14 nitrogen and oxygen atoms in total. The van der Waals surface area contributed by atoms with Crippen LogP contribution in [0.2, 0.25) is 0 Å². The van der Waals surface area contributed by atoms with Crippen molar-refractivity contribution in [2.24, 2.45) is 0 Å². The van der Waals surface area contributed by atoms with E-state index in [1.54, 1.807) is 0 Å². The number of hydrogen-bond acceptors (Lipinski definition) is 9. The highest BCUT2D eigenvalue weighted by Crippen LogP contribution is 2.49. The Balaban J connectivity index is 0.0000000942. The molecule has 145 heavy (non-hydrogen) atoms. The minimum Gasteiger partial charge on any atom is -0.309 e. The maximum absolute atomic E-state index is 5.08. The van der Waals surface area contributed by atoms with Crippen molar-refractivity contribution in [2.75, 3.05) is 0 Å². The summed E-state index contributed by atoms with van der Waals surface area (Å²) in [6.07, 6.45) is 14.9. The number of pyridine rings is 6. The van der Waals surface area contributed by atoms with Crippen molar-refractivity contribution in [3.8, 4) is 73.7 Å². The second-order valence-corrected chi connectivity index (χ2v) is 36.6. The van der Waals surface area contributed by atoms with Crippen molar-refractivity contribution in [3.05, 3.63) is 498 Å². The van der Waals surface area contributed by atoms with Crippen molar-refractivity contribution in [3.63, 3.8) is 0 Å². The molecule has 0 aliphatic carbocycles. The van der Waals surface area contributed by atoms with E-state index in [0.29, 0.717) is 17.6 Å². The highest BCUT2D eigenvalue weighted by atomic mass is 15.2. The molecule has 12 aromatic heterocycles.